The lowest BCUT2D eigenvalue weighted by Gasteiger charge is -2.23. The molecule has 3 atom stereocenters. The molecule has 1 saturated heterocycles. The molecule has 4 heteroatoms. The first-order chi connectivity index (χ1) is 8.79. The Morgan fingerprint density at radius 1 is 1.21 bits per heavy atom. The van der Waals surface area contributed by atoms with Gasteiger partial charge in [-0.3, -0.25) is 9.69 Å². The first kappa shape index (κ1) is 16.4. The predicted octanol–water partition coefficient (Wildman–Crippen LogP) is 1.61. The van der Waals surface area contributed by atoms with E-state index in [1.54, 1.807) is 0 Å². The molecular formula is C15H31N3O. The smallest absolute Gasteiger partial charge is 0.221 e. The van der Waals surface area contributed by atoms with Gasteiger partial charge in [0.2, 0.25) is 5.91 Å². The third-order valence-electron chi connectivity index (χ3n) is 3.81. The van der Waals surface area contributed by atoms with Crippen LogP contribution in [-0.2, 0) is 4.79 Å². The SMILES string of the molecule is CC(C)NC(=O)C[C@H](C)N[C@H]1CN(C(C)C)C[C@H]1C. The normalized spacial score (nSPS) is 26.1. The van der Waals surface area contributed by atoms with Crippen molar-refractivity contribution in [2.75, 3.05) is 13.1 Å². The first-order valence-electron chi connectivity index (χ1n) is 7.59. The van der Waals surface area contributed by atoms with Crippen LogP contribution in [0.4, 0.5) is 0 Å². The zero-order valence-electron chi connectivity index (χ0n) is 13.4. The average molecular weight is 269 g/mol. The standard InChI is InChI=1S/C15H31N3O/c1-10(2)16-15(19)7-13(6)17-14-9-18(11(3)4)8-12(14)5/h10-14,17H,7-9H2,1-6H3,(H,16,19)/t12-,13+,14+/m1/s1. The molecule has 1 amide bonds. The maximum absolute atomic E-state index is 11.7. The summed E-state index contributed by atoms with van der Waals surface area (Å²) in [5, 5.41) is 6.56. The van der Waals surface area contributed by atoms with Crippen LogP contribution in [0.15, 0.2) is 0 Å². The highest BCUT2D eigenvalue weighted by molar-refractivity contribution is 5.76. The summed E-state index contributed by atoms with van der Waals surface area (Å²) in [5.41, 5.74) is 0. The third-order valence-corrected chi connectivity index (χ3v) is 3.81. The van der Waals surface area contributed by atoms with Crippen LogP contribution in [0, 0.1) is 5.92 Å². The number of nitrogens with zero attached hydrogens (tertiary/aromatic N) is 1. The molecule has 2 N–H and O–H groups in total. The van der Waals surface area contributed by atoms with Crippen molar-refractivity contribution < 1.29 is 4.79 Å². The van der Waals surface area contributed by atoms with Gasteiger partial charge in [-0.2, -0.15) is 0 Å². The second kappa shape index (κ2) is 7.25. The fourth-order valence-electron chi connectivity index (χ4n) is 2.73. The van der Waals surface area contributed by atoms with E-state index in [-0.39, 0.29) is 18.0 Å². The molecular weight excluding hydrogens is 238 g/mol. The van der Waals surface area contributed by atoms with Crippen LogP contribution in [0.1, 0.15) is 48.0 Å². The van der Waals surface area contributed by atoms with E-state index in [2.05, 4.69) is 43.2 Å². The van der Waals surface area contributed by atoms with Gasteiger partial charge >= 0.3 is 0 Å². The van der Waals surface area contributed by atoms with Gasteiger partial charge in [-0.25, -0.2) is 0 Å². The summed E-state index contributed by atoms with van der Waals surface area (Å²) in [6.07, 6.45) is 0.559. The summed E-state index contributed by atoms with van der Waals surface area (Å²) >= 11 is 0. The number of amides is 1. The van der Waals surface area contributed by atoms with Crippen LogP contribution < -0.4 is 10.6 Å². The molecule has 1 rings (SSSR count). The van der Waals surface area contributed by atoms with Crippen LogP contribution >= 0.6 is 0 Å². The maximum Gasteiger partial charge on any atom is 0.221 e. The molecule has 0 unspecified atom stereocenters. The van der Waals surface area contributed by atoms with E-state index in [0.717, 1.165) is 13.1 Å². The first-order valence-corrected chi connectivity index (χ1v) is 7.59. The Bertz CT molecular complexity index is 291. The molecule has 0 aromatic rings. The van der Waals surface area contributed by atoms with Gasteiger partial charge in [0.05, 0.1) is 0 Å². The minimum Gasteiger partial charge on any atom is -0.354 e. The fourth-order valence-corrected chi connectivity index (χ4v) is 2.73. The van der Waals surface area contributed by atoms with Crippen molar-refractivity contribution in [1.82, 2.24) is 15.5 Å². The van der Waals surface area contributed by atoms with Gasteiger partial charge in [-0.05, 0) is 40.5 Å². The van der Waals surface area contributed by atoms with E-state index in [1.807, 2.05) is 13.8 Å². The summed E-state index contributed by atoms with van der Waals surface area (Å²) in [4.78, 5) is 14.2. The van der Waals surface area contributed by atoms with Crippen molar-refractivity contribution in [2.45, 2.75) is 72.1 Å². The zero-order chi connectivity index (χ0) is 14.6. The van der Waals surface area contributed by atoms with Crippen LogP contribution in [0.3, 0.4) is 0 Å². The van der Waals surface area contributed by atoms with Gasteiger partial charge in [0, 0.05) is 43.7 Å². The Labute approximate surface area is 118 Å². The third kappa shape index (κ3) is 5.49. The van der Waals surface area contributed by atoms with Crippen molar-refractivity contribution in [2.24, 2.45) is 5.92 Å². The molecule has 112 valence electrons. The lowest BCUT2D eigenvalue weighted by molar-refractivity contribution is -0.122. The van der Waals surface area contributed by atoms with E-state index < -0.39 is 0 Å². The number of nitrogens with one attached hydrogen (secondary N) is 2. The molecule has 19 heavy (non-hydrogen) atoms. The number of rotatable bonds is 6. The Morgan fingerprint density at radius 2 is 1.84 bits per heavy atom. The number of likely N-dealkylation sites (tertiary alicyclic amines) is 1. The Hall–Kier alpha value is -0.610. The summed E-state index contributed by atoms with van der Waals surface area (Å²) in [5.74, 6) is 0.791. The Morgan fingerprint density at radius 3 is 2.32 bits per heavy atom. The summed E-state index contributed by atoms with van der Waals surface area (Å²) in [7, 11) is 0. The summed E-state index contributed by atoms with van der Waals surface area (Å²) in [6.45, 7) is 15.1. The Balaban J connectivity index is 2.36. The summed E-state index contributed by atoms with van der Waals surface area (Å²) < 4.78 is 0. The topological polar surface area (TPSA) is 44.4 Å². The predicted molar refractivity (Wildman–Crippen MR) is 80.2 cm³/mol. The minimum absolute atomic E-state index is 0.140. The molecule has 1 fully saturated rings. The second-order valence-electron chi connectivity index (χ2n) is 6.63. The lowest BCUT2D eigenvalue weighted by Crippen LogP contribution is -2.44. The van der Waals surface area contributed by atoms with E-state index in [0.29, 0.717) is 24.4 Å². The van der Waals surface area contributed by atoms with Crippen molar-refractivity contribution in [3.63, 3.8) is 0 Å². The van der Waals surface area contributed by atoms with Crippen LogP contribution in [0.2, 0.25) is 0 Å². The highest BCUT2D eigenvalue weighted by Crippen LogP contribution is 2.19. The molecule has 0 saturated carbocycles. The highest BCUT2D eigenvalue weighted by Gasteiger charge is 2.31. The molecule has 1 aliphatic rings. The molecule has 0 radical (unpaired) electrons. The average Bonchev–Trinajstić information content (AvgIpc) is 2.58. The number of carbonyl (C=O) groups excluding carboxylic acids is 1. The van der Waals surface area contributed by atoms with E-state index in [4.69, 9.17) is 0 Å². The molecule has 1 aliphatic heterocycles. The van der Waals surface area contributed by atoms with Crippen molar-refractivity contribution in [3.8, 4) is 0 Å². The minimum atomic E-state index is 0.140. The van der Waals surface area contributed by atoms with Crippen molar-refractivity contribution in [1.29, 1.82) is 0 Å². The maximum atomic E-state index is 11.7. The van der Waals surface area contributed by atoms with Crippen LogP contribution in [-0.4, -0.2) is 48.1 Å². The van der Waals surface area contributed by atoms with Gasteiger partial charge in [0.25, 0.3) is 0 Å². The molecule has 0 aromatic carbocycles. The largest absolute Gasteiger partial charge is 0.354 e. The Kier molecular flexibility index (Phi) is 6.27. The van der Waals surface area contributed by atoms with Crippen LogP contribution in [0.5, 0.6) is 0 Å². The zero-order valence-corrected chi connectivity index (χ0v) is 13.4. The molecule has 1 heterocycles. The van der Waals surface area contributed by atoms with Crippen molar-refractivity contribution >= 4 is 5.91 Å². The molecule has 0 bridgehead atoms. The number of carbonyl (C=O) groups is 1. The molecule has 0 aliphatic carbocycles. The molecule has 4 nitrogen and oxygen atoms in total. The van der Waals surface area contributed by atoms with Gasteiger partial charge in [0.1, 0.15) is 0 Å². The van der Waals surface area contributed by atoms with Crippen molar-refractivity contribution in [3.05, 3.63) is 0 Å². The molecule has 0 spiro atoms. The second-order valence-corrected chi connectivity index (χ2v) is 6.63. The molecule has 0 aromatic heterocycles. The number of hydrogen-bond acceptors (Lipinski definition) is 3. The highest BCUT2D eigenvalue weighted by atomic mass is 16.1. The van der Waals surface area contributed by atoms with Gasteiger partial charge < -0.3 is 10.6 Å². The fraction of sp³-hybridized carbons (Fsp3) is 0.933. The van der Waals surface area contributed by atoms with Gasteiger partial charge in [0.15, 0.2) is 0 Å². The number of hydrogen-bond donors (Lipinski definition) is 2. The lowest BCUT2D eigenvalue weighted by atomic mass is 10.0. The monoisotopic (exact) mass is 269 g/mol. The van der Waals surface area contributed by atoms with E-state index >= 15 is 0 Å². The van der Waals surface area contributed by atoms with Crippen LogP contribution in [0.25, 0.3) is 0 Å². The summed E-state index contributed by atoms with van der Waals surface area (Å²) in [6, 6.07) is 1.57. The van der Waals surface area contributed by atoms with E-state index in [9.17, 15) is 4.79 Å². The van der Waals surface area contributed by atoms with Gasteiger partial charge in [-0.1, -0.05) is 6.92 Å². The quantitative estimate of drug-likeness (QED) is 0.770. The van der Waals surface area contributed by atoms with E-state index in [1.165, 1.54) is 0 Å². The van der Waals surface area contributed by atoms with Gasteiger partial charge in [-0.15, -0.1) is 0 Å².